The lowest BCUT2D eigenvalue weighted by Gasteiger charge is -2.05. The molecule has 112 valence electrons. The summed E-state index contributed by atoms with van der Waals surface area (Å²) < 4.78 is 2.99. The summed E-state index contributed by atoms with van der Waals surface area (Å²) in [6.07, 6.45) is 4.97. The van der Waals surface area contributed by atoms with Gasteiger partial charge in [-0.1, -0.05) is 0 Å². The standard InChI is InChI=1S/C11H15N7O3/c1-17-7-13-16-9(17)2-3-12-11(21)15-8-4-14-18(5-8)6-10(19)20/h4-5,7H,2-3,6H2,1H3,(H,19,20)(H2,12,15,21). The first-order valence-electron chi connectivity index (χ1n) is 6.16. The number of carbonyl (C=O) groups excluding carboxylic acids is 1. The predicted octanol–water partition coefficient (Wildman–Crippen LogP) is -0.540. The Morgan fingerprint density at radius 1 is 1.43 bits per heavy atom. The zero-order chi connectivity index (χ0) is 15.2. The molecule has 0 saturated heterocycles. The summed E-state index contributed by atoms with van der Waals surface area (Å²) in [5.74, 6) is -0.234. The SMILES string of the molecule is Cn1cnnc1CCNC(=O)Nc1cnn(CC(=O)O)c1. The number of anilines is 1. The van der Waals surface area contributed by atoms with Crippen LogP contribution in [0.25, 0.3) is 0 Å². The number of aryl methyl sites for hydroxylation is 1. The van der Waals surface area contributed by atoms with Crippen molar-refractivity contribution in [1.29, 1.82) is 0 Å². The summed E-state index contributed by atoms with van der Waals surface area (Å²) >= 11 is 0. The highest BCUT2D eigenvalue weighted by Gasteiger charge is 2.06. The molecule has 10 heteroatoms. The van der Waals surface area contributed by atoms with Gasteiger partial charge in [-0.2, -0.15) is 5.10 Å². The third kappa shape index (κ3) is 4.30. The average molecular weight is 293 g/mol. The minimum Gasteiger partial charge on any atom is -0.480 e. The Hall–Kier alpha value is -2.91. The molecular formula is C11H15N7O3. The van der Waals surface area contributed by atoms with E-state index in [1.165, 1.54) is 17.1 Å². The molecule has 0 aromatic carbocycles. The van der Waals surface area contributed by atoms with Gasteiger partial charge in [-0.15, -0.1) is 10.2 Å². The zero-order valence-corrected chi connectivity index (χ0v) is 11.4. The summed E-state index contributed by atoms with van der Waals surface area (Å²) in [4.78, 5) is 22.1. The first kappa shape index (κ1) is 14.5. The van der Waals surface area contributed by atoms with Gasteiger partial charge in [0.2, 0.25) is 0 Å². The number of hydrogen-bond donors (Lipinski definition) is 3. The van der Waals surface area contributed by atoms with E-state index >= 15 is 0 Å². The van der Waals surface area contributed by atoms with E-state index in [2.05, 4.69) is 25.9 Å². The van der Waals surface area contributed by atoms with Gasteiger partial charge in [-0.25, -0.2) is 4.79 Å². The number of aromatic nitrogens is 5. The predicted molar refractivity (Wildman–Crippen MR) is 71.6 cm³/mol. The molecule has 21 heavy (non-hydrogen) atoms. The fourth-order valence-corrected chi connectivity index (χ4v) is 1.65. The lowest BCUT2D eigenvalue weighted by Crippen LogP contribution is -2.30. The minimum absolute atomic E-state index is 0.255. The molecule has 0 saturated carbocycles. The van der Waals surface area contributed by atoms with E-state index in [1.807, 2.05) is 7.05 Å². The van der Waals surface area contributed by atoms with Crippen molar-refractivity contribution in [2.45, 2.75) is 13.0 Å². The van der Waals surface area contributed by atoms with Crippen LogP contribution in [-0.4, -0.2) is 48.2 Å². The van der Waals surface area contributed by atoms with Crippen LogP contribution in [0.5, 0.6) is 0 Å². The number of carboxylic acids is 1. The largest absolute Gasteiger partial charge is 0.480 e. The number of carbonyl (C=O) groups is 2. The molecular weight excluding hydrogens is 278 g/mol. The molecule has 0 radical (unpaired) electrons. The summed E-state index contributed by atoms with van der Waals surface area (Å²) in [6, 6.07) is -0.396. The van der Waals surface area contributed by atoms with Crippen molar-refractivity contribution in [3.8, 4) is 0 Å². The van der Waals surface area contributed by atoms with E-state index in [1.54, 1.807) is 10.9 Å². The fraction of sp³-hybridized carbons (Fsp3) is 0.364. The van der Waals surface area contributed by atoms with Crippen LogP contribution < -0.4 is 10.6 Å². The smallest absolute Gasteiger partial charge is 0.325 e. The minimum atomic E-state index is -1.00. The van der Waals surface area contributed by atoms with Crippen LogP contribution in [0.1, 0.15) is 5.82 Å². The maximum absolute atomic E-state index is 11.6. The second-order valence-electron chi connectivity index (χ2n) is 4.31. The Kier molecular flexibility index (Phi) is 4.49. The second-order valence-corrected chi connectivity index (χ2v) is 4.31. The molecule has 0 fully saturated rings. The topological polar surface area (TPSA) is 127 Å². The number of nitrogens with one attached hydrogen (secondary N) is 2. The van der Waals surface area contributed by atoms with Crippen molar-refractivity contribution in [3.05, 3.63) is 24.5 Å². The summed E-state index contributed by atoms with van der Waals surface area (Å²) in [5.41, 5.74) is 0.424. The van der Waals surface area contributed by atoms with Crippen LogP contribution >= 0.6 is 0 Å². The number of amides is 2. The van der Waals surface area contributed by atoms with Gasteiger partial charge in [0.05, 0.1) is 11.9 Å². The van der Waals surface area contributed by atoms with Gasteiger partial charge in [0, 0.05) is 26.2 Å². The van der Waals surface area contributed by atoms with E-state index < -0.39 is 12.0 Å². The molecule has 0 aliphatic heterocycles. The summed E-state index contributed by atoms with van der Waals surface area (Å²) in [6.45, 7) is 0.150. The highest BCUT2D eigenvalue weighted by molar-refractivity contribution is 5.88. The molecule has 2 aromatic heterocycles. The van der Waals surface area contributed by atoms with Crippen LogP contribution in [0.15, 0.2) is 18.7 Å². The number of urea groups is 1. The van der Waals surface area contributed by atoms with Crippen LogP contribution in [0.4, 0.5) is 10.5 Å². The summed E-state index contributed by atoms with van der Waals surface area (Å²) in [7, 11) is 1.83. The summed E-state index contributed by atoms with van der Waals surface area (Å²) in [5, 5.41) is 25.3. The van der Waals surface area contributed by atoms with E-state index in [0.29, 0.717) is 18.7 Å². The van der Waals surface area contributed by atoms with Gasteiger partial charge in [-0.05, 0) is 0 Å². The number of rotatable bonds is 6. The van der Waals surface area contributed by atoms with Gasteiger partial charge in [0.25, 0.3) is 0 Å². The normalized spacial score (nSPS) is 10.3. The molecule has 2 aromatic rings. The number of nitrogens with zero attached hydrogens (tertiary/aromatic N) is 5. The number of carboxylic acid groups (broad SMARTS) is 1. The van der Waals surface area contributed by atoms with Crippen molar-refractivity contribution in [3.63, 3.8) is 0 Å². The van der Waals surface area contributed by atoms with Crippen molar-refractivity contribution in [2.75, 3.05) is 11.9 Å². The van der Waals surface area contributed by atoms with Crippen molar-refractivity contribution < 1.29 is 14.7 Å². The number of aliphatic carboxylic acids is 1. The Labute approximate surface area is 119 Å². The third-order valence-electron chi connectivity index (χ3n) is 2.63. The van der Waals surface area contributed by atoms with Crippen LogP contribution in [0.3, 0.4) is 0 Å². The van der Waals surface area contributed by atoms with E-state index in [9.17, 15) is 9.59 Å². The van der Waals surface area contributed by atoms with Crippen LogP contribution in [0.2, 0.25) is 0 Å². The van der Waals surface area contributed by atoms with E-state index in [0.717, 1.165) is 5.82 Å². The average Bonchev–Trinajstić information content (AvgIpc) is 2.99. The molecule has 2 rings (SSSR count). The molecule has 0 atom stereocenters. The van der Waals surface area contributed by atoms with Gasteiger partial charge >= 0.3 is 12.0 Å². The molecule has 2 amide bonds. The first-order chi connectivity index (χ1) is 10.0. The zero-order valence-electron chi connectivity index (χ0n) is 11.4. The molecule has 3 N–H and O–H groups in total. The molecule has 0 bridgehead atoms. The lowest BCUT2D eigenvalue weighted by atomic mass is 10.4. The maximum atomic E-state index is 11.6. The number of hydrogen-bond acceptors (Lipinski definition) is 5. The van der Waals surface area contributed by atoms with Crippen molar-refractivity contribution >= 4 is 17.7 Å². The van der Waals surface area contributed by atoms with E-state index in [4.69, 9.17) is 5.11 Å². The Morgan fingerprint density at radius 2 is 2.24 bits per heavy atom. The van der Waals surface area contributed by atoms with Gasteiger partial charge in [-0.3, -0.25) is 9.48 Å². The van der Waals surface area contributed by atoms with Crippen molar-refractivity contribution in [1.82, 2.24) is 29.9 Å². The Morgan fingerprint density at radius 3 is 2.90 bits per heavy atom. The lowest BCUT2D eigenvalue weighted by molar-refractivity contribution is -0.137. The third-order valence-corrected chi connectivity index (χ3v) is 2.63. The molecule has 2 heterocycles. The highest BCUT2D eigenvalue weighted by atomic mass is 16.4. The van der Waals surface area contributed by atoms with Crippen molar-refractivity contribution in [2.24, 2.45) is 7.05 Å². The van der Waals surface area contributed by atoms with Crippen LogP contribution in [0, 0.1) is 0 Å². The second kappa shape index (κ2) is 6.50. The quantitative estimate of drug-likeness (QED) is 0.656. The van der Waals surface area contributed by atoms with Gasteiger partial charge < -0.3 is 20.3 Å². The fourth-order valence-electron chi connectivity index (χ4n) is 1.65. The molecule has 0 spiro atoms. The highest BCUT2D eigenvalue weighted by Crippen LogP contribution is 2.04. The Bertz CT molecular complexity index is 633. The molecule has 0 aliphatic rings. The van der Waals surface area contributed by atoms with E-state index in [-0.39, 0.29) is 6.54 Å². The first-order valence-corrected chi connectivity index (χ1v) is 6.16. The molecule has 0 aliphatic carbocycles. The Balaban J connectivity index is 1.75. The van der Waals surface area contributed by atoms with Crippen LogP contribution in [-0.2, 0) is 24.8 Å². The van der Waals surface area contributed by atoms with Gasteiger partial charge in [0.15, 0.2) is 0 Å². The molecule has 10 nitrogen and oxygen atoms in total. The monoisotopic (exact) mass is 293 g/mol. The molecule has 0 unspecified atom stereocenters. The van der Waals surface area contributed by atoms with Gasteiger partial charge in [0.1, 0.15) is 18.7 Å². The maximum Gasteiger partial charge on any atom is 0.325 e.